The first-order chi connectivity index (χ1) is 8.72. The van der Waals surface area contributed by atoms with Gasteiger partial charge in [-0.15, -0.1) is 0 Å². The van der Waals surface area contributed by atoms with Crippen molar-refractivity contribution in [3.05, 3.63) is 35.9 Å². The summed E-state index contributed by atoms with van der Waals surface area (Å²) in [4.78, 5) is 14.0. The van der Waals surface area contributed by atoms with E-state index in [1.165, 1.54) is 5.56 Å². The molecule has 98 valence electrons. The van der Waals surface area contributed by atoms with Crippen LogP contribution in [0.15, 0.2) is 30.3 Å². The van der Waals surface area contributed by atoms with Crippen LogP contribution in [0.4, 0.5) is 0 Å². The van der Waals surface area contributed by atoms with E-state index >= 15 is 0 Å². The SMILES string of the molecule is CNCC1CC(=O)N(CCc2ccccc2)C1C. The van der Waals surface area contributed by atoms with Crippen LogP contribution >= 0.6 is 0 Å². The van der Waals surface area contributed by atoms with Crippen molar-refractivity contribution in [1.29, 1.82) is 0 Å². The normalized spacial score (nSPS) is 23.7. The van der Waals surface area contributed by atoms with Gasteiger partial charge in [-0.05, 0) is 26.0 Å². The van der Waals surface area contributed by atoms with Crippen molar-refractivity contribution in [3.63, 3.8) is 0 Å². The molecular weight excluding hydrogens is 224 g/mol. The van der Waals surface area contributed by atoms with Crippen LogP contribution < -0.4 is 5.32 Å². The number of nitrogens with one attached hydrogen (secondary N) is 1. The number of hydrogen-bond donors (Lipinski definition) is 1. The van der Waals surface area contributed by atoms with Crippen molar-refractivity contribution < 1.29 is 4.79 Å². The van der Waals surface area contributed by atoms with Crippen LogP contribution in [0, 0.1) is 5.92 Å². The molecule has 1 amide bonds. The zero-order valence-electron chi connectivity index (χ0n) is 11.2. The van der Waals surface area contributed by atoms with E-state index in [1.807, 2.05) is 30.1 Å². The first-order valence-electron chi connectivity index (χ1n) is 6.70. The molecule has 0 radical (unpaired) electrons. The van der Waals surface area contributed by atoms with Crippen molar-refractivity contribution in [2.24, 2.45) is 5.92 Å². The summed E-state index contributed by atoms with van der Waals surface area (Å²) in [6.45, 7) is 3.93. The predicted octanol–water partition coefficient (Wildman–Crippen LogP) is 1.69. The Kier molecular flexibility index (Phi) is 4.37. The second-order valence-corrected chi connectivity index (χ2v) is 5.09. The number of carbonyl (C=O) groups is 1. The fraction of sp³-hybridized carbons (Fsp3) is 0.533. The Labute approximate surface area is 109 Å². The first kappa shape index (κ1) is 13.1. The molecule has 1 fully saturated rings. The van der Waals surface area contributed by atoms with E-state index in [0.717, 1.165) is 19.5 Å². The van der Waals surface area contributed by atoms with Gasteiger partial charge in [0.25, 0.3) is 0 Å². The average Bonchev–Trinajstić information content (AvgIpc) is 2.64. The Morgan fingerprint density at radius 3 is 2.72 bits per heavy atom. The van der Waals surface area contributed by atoms with Gasteiger partial charge < -0.3 is 10.2 Å². The maximum absolute atomic E-state index is 12.0. The third-order valence-electron chi connectivity index (χ3n) is 3.88. The number of nitrogens with zero attached hydrogens (tertiary/aromatic N) is 1. The minimum Gasteiger partial charge on any atom is -0.339 e. The number of likely N-dealkylation sites (tertiary alicyclic amines) is 1. The lowest BCUT2D eigenvalue weighted by molar-refractivity contribution is -0.128. The lowest BCUT2D eigenvalue weighted by Gasteiger charge is -2.24. The van der Waals surface area contributed by atoms with E-state index in [2.05, 4.69) is 24.4 Å². The summed E-state index contributed by atoms with van der Waals surface area (Å²) in [5.41, 5.74) is 1.30. The molecule has 1 aliphatic heterocycles. The quantitative estimate of drug-likeness (QED) is 0.857. The summed E-state index contributed by atoms with van der Waals surface area (Å²) in [6, 6.07) is 10.7. The lowest BCUT2D eigenvalue weighted by atomic mass is 10.0. The van der Waals surface area contributed by atoms with Crippen molar-refractivity contribution in [2.75, 3.05) is 20.1 Å². The molecular formula is C15H22N2O. The molecule has 1 N–H and O–H groups in total. The first-order valence-corrected chi connectivity index (χ1v) is 6.70. The number of amides is 1. The Balaban J connectivity index is 1.91. The van der Waals surface area contributed by atoms with Crippen LogP contribution in [0.3, 0.4) is 0 Å². The standard InChI is InChI=1S/C15H22N2O/c1-12-14(11-16-2)10-15(18)17(12)9-8-13-6-4-3-5-7-13/h3-7,12,14,16H,8-11H2,1-2H3. The second-order valence-electron chi connectivity index (χ2n) is 5.09. The highest BCUT2D eigenvalue weighted by Crippen LogP contribution is 2.24. The summed E-state index contributed by atoms with van der Waals surface area (Å²) < 4.78 is 0. The van der Waals surface area contributed by atoms with Gasteiger partial charge in [-0.25, -0.2) is 0 Å². The van der Waals surface area contributed by atoms with Crippen LogP contribution in [-0.4, -0.2) is 37.0 Å². The molecule has 1 heterocycles. The third kappa shape index (κ3) is 2.91. The van der Waals surface area contributed by atoms with Crippen molar-refractivity contribution in [2.45, 2.75) is 25.8 Å². The minimum absolute atomic E-state index is 0.304. The summed E-state index contributed by atoms with van der Waals surface area (Å²) in [5.74, 6) is 0.761. The molecule has 2 unspecified atom stereocenters. The highest BCUT2D eigenvalue weighted by Gasteiger charge is 2.35. The van der Waals surface area contributed by atoms with Crippen molar-refractivity contribution >= 4 is 5.91 Å². The van der Waals surface area contributed by atoms with Crippen molar-refractivity contribution in [1.82, 2.24) is 10.2 Å². The van der Waals surface area contributed by atoms with E-state index in [4.69, 9.17) is 0 Å². The summed E-state index contributed by atoms with van der Waals surface area (Å²) in [5, 5.41) is 3.18. The number of hydrogen-bond acceptors (Lipinski definition) is 2. The molecule has 2 rings (SSSR count). The van der Waals surface area contributed by atoms with Gasteiger partial charge in [-0.3, -0.25) is 4.79 Å². The van der Waals surface area contributed by atoms with Gasteiger partial charge in [0.15, 0.2) is 0 Å². The van der Waals surface area contributed by atoms with E-state index in [0.29, 0.717) is 24.3 Å². The fourth-order valence-electron chi connectivity index (χ4n) is 2.72. The minimum atomic E-state index is 0.304. The zero-order chi connectivity index (χ0) is 13.0. The van der Waals surface area contributed by atoms with Gasteiger partial charge >= 0.3 is 0 Å². The van der Waals surface area contributed by atoms with Crippen molar-refractivity contribution in [3.8, 4) is 0 Å². The molecule has 1 aromatic rings. The predicted molar refractivity (Wildman–Crippen MR) is 73.4 cm³/mol. The maximum atomic E-state index is 12.0. The Morgan fingerprint density at radius 1 is 1.33 bits per heavy atom. The summed E-state index contributed by atoms with van der Waals surface area (Å²) in [6.07, 6.45) is 1.64. The zero-order valence-corrected chi connectivity index (χ0v) is 11.2. The summed E-state index contributed by atoms with van der Waals surface area (Å²) >= 11 is 0. The average molecular weight is 246 g/mol. The Hall–Kier alpha value is -1.35. The molecule has 0 saturated carbocycles. The van der Waals surface area contributed by atoms with Crippen LogP contribution in [0.1, 0.15) is 18.9 Å². The maximum Gasteiger partial charge on any atom is 0.223 e. The Morgan fingerprint density at radius 2 is 2.06 bits per heavy atom. The molecule has 1 aliphatic rings. The van der Waals surface area contributed by atoms with Crippen LogP contribution in [-0.2, 0) is 11.2 Å². The van der Waals surface area contributed by atoms with E-state index < -0.39 is 0 Å². The molecule has 2 atom stereocenters. The van der Waals surface area contributed by atoms with Gasteiger partial charge in [0.1, 0.15) is 0 Å². The molecule has 3 nitrogen and oxygen atoms in total. The number of benzene rings is 1. The third-order valence-corrected chi connectivity index (χ3v) is 3.88. The van der Waals surface area contributed by atoms with Gasteiger partial charge in [-0.2, -0.15) is 0 Å². The monoisotopic (exact) mass is 246 g/mol. The molecule has 1 aromatic carbocycles. The molecule has 0 aliphatic carbocycles. The second kappa shape index (κ2) is 6.01. The highest BCUT2D eigenvalue weighted by molar-refractivity contribution is 5.79. The highest BCUT2D eigenvalue weighted by atomic mass is 16.2. The van der Waals surface area contributed by atoms with Gasteiger partial charge in [0.2, 0.25) is 5.91 Å². The van der Waals surface area contributed by atoms with Gasteiger partial charge in [0.05, 0.1) is 0 Å². The lowest BCUT2D eigenvalue weighted by Crippen LogP contribution is -2.36. The van der Waals surface area contributed by atoms with Crippen LogP contribution in [0.5, 0.6) is 0 Å². The molecule has 1 saturated heterocycles. The topological polar surface area (TPSA) is 32.3 Å². The van der Waals surface area contributed by atoms with Crippen LogP contribution in [0.25, 0.3) is 0 Å². The molecule has 18 heavy (non-hydrogen) atoms. The largest absolute Gasteiger partial charge is 0.339 e. The molecule has 3 heteroatoms. The number of rotatable bonds is 5. The number of carbonyl (C=O) groups excluding carboxylic acids is 1. The van der Waals surface area contributed by atoms with Gasteiger partial charge in [0, 0.05) is 31.5 Å². The van der Waals surface area contributed by atoms with Crippen LogP contribution in [0.2, 0.25) is 0 Å². The summed E-state index contributed by atoms with van der Waals surface area (Å²) in [7, 11) is 1.95. The smallest absolute Gasteiger partial charge is 0.223 e. The fourth-order valence-corrected chi connectivity index (χ4v) is 2.72. The molecule has 0 bridgehead atoms. The molecule has 0 spiro atoms. The van der Waals surface area contributed by atoms with Gasteiger partial charge in [-0.1, -0.05) is 30.3 Å². The van der Waals surface area contributed by atoms with E-state index in [9.17, 15) is 4.79 Å². The van der Waals surface area contributed by atoms with E-state index in [1.54, 1.807) is 0 Å². The Bertz CT molecular complexity index is 391. The van der Waals surface area contributed by atoms with E-state index in [-0.39, 0.29) is 0 Å². The molecule has 0 aromatic heterocycles.